The van der Waals surface area contributed by atoms with Gasteiger partial charge in [-0.1, -0.05) is 6.07 Å². The molecule has 2 N–H and O–H groups in total. The number of hydrogen-bond acceptors (Lipinski definition) is 5. The van der Waals surface area contributed by atoms with Crippen molar-refractivity contribution in [1.82, 2.24) is 15.5 Å². The molecule has 0 aromatic carbocycles. The van der Waals surface area contributed by atoms with Crippen LogP contribution in [-0.2, 0) is 11.2 Å². The van der Waals surface area contributed by atoms with Crippen molar-refractivity contribution in [2.45, 2.75) is 12.5 Å². The summed E-state index contributed by atoms with van der Waals surface area (Å²) in [6.07, 6.45) is 0.947. The van der Waals surface area contributed by atoms with E-state index in [-0.39, 0.29) is 18.5 Å². The molecule has 7 heteroatoms. The van der Waals surface area contributed by atoms with E-state index in [0.29, 0.717) is 0 Å². The van der Waals surface area contributed by atoms with E-state index in [9.17, 15) is 9.59 Å². The van der Waals surface area contributed by atoms with E-state index in [2.05, 4.69) is 38.4 Å². The fraction of sp³-hybridized carbons (Fsp3) is 0.333. The van der Waals surface area contributed by atoms with Gasteiger partial charge in [0.05, 0.1) is 12.6 Å². The van der Waals surface area contributed by atoms with Gasteiger partial charge in [-0.05, 0) is 34.9 Å². The van der Waals surface area contributed by atoms with Crippen molar-refractivity contribution in [3.05, 3.63) is 44.3 Å². The number of rotatable bonds is 3. The quantitative estimate of drug-likeness (QED) is 0.904. The van der Waals surface area contributed by atoms with Crippen LogP contribution in [-0.4, -0.2) is 37.0 Å². The molecule has 0 radical (unpaired) electrons. The Morgan fingerprint density at radius 1 is 1.32 bits per heavy atom. The second-order valence-corrected chi connectivity index (χ2v) is 7.04. The number of carbonyl (C=O) groups is 2. The zero-order chi connectivity index (χ0) is 15.5. The predicted molar refractivity (Wildman–Crippen MR) is 88.4 cm³/mol. The minimum Gasteiger partial charge on any atom is -0.341 e. The molecule has 22 heavy (non-hydrogen) atoms. The van der Waals surface area contributed by atoms with Crippen LogP contribution in [0.2, 0.25) is 0 Å². The second kappa shape index (κ2) is 6.60. The summed E-state index contributed by atoms with van der Waals surface area (Å²) in [5.74, 6) is -0.278. The molecule has 0 spiro atoms. The van der Waals surface area contributed by atoms with Crippen molar-refractivity contribution in [3.63, 3.8) is 0 Å². The van der Waals surface area contributed by atoms with Gasteiger partial charge in [0.15, 0.2) is 0 Å². The van der Waals surface area contributed by atoms with E-state index >= 15 is 0 Å². The maximum atomic E-state index is 12.0. The van der Waals surface area contributed by atoms with Gasteiger partial charge in [-0.2, -0.15) is 0 Å². The van der Waals surface area contributed by atoms with Gasteiger partial charge in [-0.25, -0.2) is 4.79 Å². The molecule has 0 saturated heterocycles. The molecule has 1 atom stereocenters. The normalized spacial score (nSPS) is 17.8. The van der Waals surface area contributed by atoms with Crippen molar-refractivity contribution in [2.24, 2.45) is 0 Å². The lowest BCUT2D eigenvalue weighted by Gasteiger charge is -2.34. The number of thiophene rings is 2. The first-order valence-corrected chi connectivity index (χ1v) is 8.80. The minimum atomic E-state index is -0.467. The molecular formula is C15H17N3O2S2. The van der Waals surface area contributed by atoms with Crippen molar-refractivity contribution in [2.75, 3.05) is 20.1 Å². The lowest BCUT2D eigenvalue weighted by molar-refractivity contribution is -0.121. The average molecular weight is 335 g/mol. The van der Waals surface area contributed by atoms with Crippen LogP contribution < -0.4 is 10.6 Å². The minimum absolute atomic E-state index is 0.102. The third kappa shape index (κ3) is 3.06. The fourth-order valence-corrected chi connectivity index (χ4v) is 4.51. The van der Waals surface area contributed by atoms with Crippen LogP contribution in [0.5, 0.6) is 0 Å². The monoisotopic (exact) mass is 335 g/mol. The highest BCUT2D eigenvalue weighted by molar-refractivity contribution is 7.10. The Bertz CT molecular complexity index is 666. The van der Waals surface area contributed by atoms with Crippen LogP contribution in [0.15, 0.2) is 29.0 Å². The van der Waals surface area contributed by atoms with Crippen molar-refractivity contribution in [3.8, 4) is 0 Å². The molecule has 0 aliphatic carbocycles. The number of urea groups is 1. The first-order valence-electron chi connectivity index (χ1n) is 7.04. The van der Waals surface area contributed by atoms with Gasteiger partial charge in [0.2, 0.25) is 5.91 Å². The SMILES string of the molecule is CNC(=O)NC(=O)CN1CCc2sccc2[C@@H]1c1cccs1. The Morgan fingerprint density at radius 2 is 2.18 bits per heavy atom. The van der Waals surface area contributed by atoms with Gasteiger partial charge >= 0.3 is 6.03 Å². The molecule has 0 saturated carbocycles. The molecular weight excluding hydrogens is 318 g/mol. The maximum absolute atomic E-state index is 12.0. The predicted octanol–water partition coefficient (Wildman–Crippen LogP) is 2.21. The van der Waals surface area contributed by atoms with Crippen molar-refractivity contribution in [1.29, 1.82) is 0 Å². The summed E-state index contributed by atoms with van der Waals surface area (Å²) in [4.78, 5) is 28.1. The number of nitrogens with one attached hydrogen (secondary N) is 2. The summed E-state index contributed by atoms with van der Waals surface area (Å²) in [5.41, 5.74) is 1.28. The molecule has 116 valence electrons. The molecule has 3 amide bonds. The lowest BCUT2D eigenvalue weighted by atomic mass is 9.98. The molecule has 2 aromatic heterocycles. The summed E-state index contributed by atoms with van der Waals surface area (Å²) in [5, 5.41) is 8.90. The van der Waals surface area contributed by atoms with E-state index < -0.39 is 6.03 Å². The zero-order valence-electron chi connectivity index (χ0n) is 12.2. The molecule has 0 unspecified atom stereocenters. The Balaban J connectivity index is 1.81. The number of amides is 3. The molecule has 0 bridgehead atoms. The van der Waals surface area contributed by atoms with Crippen LogP contribution in [0.4, 0.5) is 4.79 Å². The molecule has 5 nitrogen and oxygen atoms in total. The average Bonchev–Trinajstić information content (AvgIpc) is 3.17. The first kappa shape index (κ1) is 15.2. The lowest BCUT2D eigenvalue weighted by Crippen LogP contribution is -2.46. The van der Waals surface area contributed by atoms with Crippen molar-refractivity contribution >= 4 is 34.6 Å². The third-order valence-electron chi connectivity index (χ3n) is 3.71. The Morgan fingerprint density at radius 3 is 2.91 bits per heavy atom. The summed E-state index contributed by atoms with van der Waals surface area (Å²) < 4.78 is 0. The summed E-state index contributed by atoms with van der Waals surface area (Å²) in [6, 6.07) is 5.92. The second-order valence-electron chi connectivity index (χ2n) is 5.06. The smallest absolute Gasteiger partial charge is 0.321 e. The van der Waals surface area contributed by atoms with E-state index in [4.69, 9.17) is 0 Å². The van der Waals surface area contributed by atoms with Gasteiger partial charge in [0.1, 0.15) is 0 Å². The van der Waals surface area contributed by atoms with E-state index in [1.165, 1.54) is 22.4 Å². The molecule has 0 fully saturated rings. The van der Waals surface area contributed by atoms with Gasteiger partial charge < -0.3 is 5.32 Å². The number of imide groups is 1. The van der Waals surface area contributed by atoms with Crippen LogP contribution in [0.3, 0.4) is 0 Å². The highest BCUT2D eigenvalue weighted by atomic mass is 32.1. The fourth-order valence-electron chi connectivity index (χ4n) is 2.73. The highest BCUT2D eigenvalue weighted by Gasteiger charge is 2.31. The molecule has 1 aliphatic rings. The Hall–Kier alpha value is -1.70. The van der Waals surface area contributed by atoms with E-state index in [1.54, 1.807) is 22.7 Å². The summed E-state index contributed by atoms with van der Waals surface area (Å²) in [7, 11) is 1.50. The standard InChI is InChI=1S/C15H17N3O2S2/c1-16-15(20)17-13(19)9-18-6-4-11-10(5-8-22-11)14(18)12-3-2-7-21-12/h2-3,5,7-8,14H,4,6,9H2,1H3,(H2,16,17,19,20)/t14-/m1/s1. The van der Waals surface area contributed by atoms with E-state index in [0.717, 1.165) is 13.0 Å². The van der Waals surface area contributed by atoms with Crippen molar-refractivity contribution < 1.29 is 9.59 Å². The molecule has 2 aromatic rings. The summed E-state index contributed by atoms with van der Waals surface area (Å²) in [6.45, 7) is 1.03. The number of nitrogens with zero attached hydrogens (tertiary/aromatic N) is 1. The van der Waals surface area contributed by atoms with Crippen LogP contribution in [0.25, 0.3) is 0 Å². The molecule has 3 rings (SSSR count). The highest BCUT2D eigenvalue weighted by Crippen LogP contribution is 2.39. The zero-order valence-corrected chi connectivity index (χ0v) is 13.8. The van der Waals surface area contributed by atoms with E-state index in [1.807, 2.05) is 6.07 Å². The maximum Gasteiger partial charge on any atom is 0.321 e. The number of carbonyl (C=O) groups excluding carboxylic acids is 2. The van der Waals surface area contributed by atoms with Crippen LogP contribution in [0, 0.1) is 0 Å². The van der Waals surface area contributed by atoms with Gasteiger partial charge in [0, 0.05) is 23.3 Å². The van der Waals surface area contributed by atoms with Crippen LogP contribution >= 0.6 is 22.7 Å². The molecule has 1 aliphatic heterocycles. The Kier molecular flexibility index (Phi) is 4.56. The van der Waals surface area contributed by atoms with Gasteiger partial charge in [-0.15, -0.1) is 22.7 Å². The largest absolute Gasteiger partial charge is 0.341 e. The number of fused-ring (bicyclic) bond motifs is 1. The molecule has 3 heterocycles. The summed E-state index contributed by atoms with van der Waals surface area (Å²) >= 11 is 3.47. The third-order valence-corrected chi connectivity index (χ3v) is 5.63. The number of hydrogen-bond donors (Lipinski definition) is 2. The Labute approximate surface area is 137 Å². The topological polar surface area (TPSA) is 61.4 Å². The van der Waals surface area contributed by atoms with Gasteiger partial charge in [-0.3, -0.25) is 15.0 Å². The van der Waals surface area contributed by atoms with Gasteiger partial charge in [0.25, 0.3) is 0 Å². The first-order chi connectivity index (χ1) is 10.7. The van der Waals surface area contributed by atoms with Crippen LogP contribution in [0.1, 0.15) is 21.4 Å².